The second-order valence-electron chi connectivity index (χ2n) is 7.78. The van der Waals surface area contributed by atoms with Crippen molar-refractivity contribution in [3.05, 3.63) is 59.4 Å². The predicted molar refractivity (Wildman–Crippen MR) is 101 cm³/mol. The van der Waals surface area contributed by atoms with Crippen LogP contribution in [-0.4, -0.2) is 34.6 Å². The van der Waals surface area contributed by atoms with Crippen molar-refractivity contribution in [3.8, 4) is 11.1 Å². The molecule has 2 aromatic rings. The average molecular weight is 355 g/mol. The Kier molecular flexibility index (Phi) is 5.15. The van der Waals surface area contributed by atoms with Gasteiger partial charge in [-0.05, 0) is 74.6 Å². The molecule has 26 heavy (non-hydrogen) atoms. The molecule has 0 saturated carbocycles. The van der Waals surface area contributed by atoms with E-state index >= 15 is 0 Å². The number of carbonyl (C=O) groups excluding carboxylic acids is 1. The molecule has 0 spiro atoms. The Bertz CT molecular complexity index is 793. The second-order valence-corrected chi connectivity index (χ2v) is 7.78. The monoisotopic (exact) mass is 355 g/mol. The Balaban J connectivity index is 1.77. The maximum Gasteiger partial charge on any atom is 0.253 e. The summed E-state index contributed by atoms with van der Waals surface area (Å²) in [4.78, 5) is 14.7. The van der Waals surface area contributed by atoms with E-state index < -0.39 is 5.60 Å². The largest absolute Gasteiger partial charge is 0.390 e. The number of aryl methyl sites for hydroxylation is 1. The van der Waals surface area contributed by atoms with Crippen molar-refractivity contribution in [1.82, 2.24) is 4.90 Å². The van der Waals surface area contributed by atoms with Gasteiger partial charge in [-0.25, -0.2) is 4.39 Å². The smallest absolute Gasteiger partial charge is 0.253 e. The molecule has 1 N–H and O–H groups in total. The highest BCUT2D eigenvalue weighted by Gasteiger charge is 2.33. The zero-order chi connectivity index (χ0) is 18.9. The molecule has 1 aliphatic heterocycles. The molecule has 2 aromatic carbocycles. The van der Waals surface area contributed by atoms with Gasteiger partial charge >= 0.3 is 0 Å². The van der Waals surface area contributed by atoms with Gasteiger partial charge in [0.15, 0.2) is 0 Å². The molecular weight excluding hydrogens is 329 g/mol. The molecule has 1 saturated heterocycles. The lowest BCUT2D eigenvalue weighted by molar-refractivity contribution is -0.0146. The third-order valence-corrected chi connectivity index (χ3v) is 5.34. The van der Waals surface area contributed by atoms with E-state index in [9.17, 15) is 14.3 Å². The number of amides is 1. The highest BCUT2D eigenvalue weighted by atomic mass is 19.1. The van der Waals surface area contributed by atoms with Gasteiger partial charge in [-0.3, -0.25) is 4.79 Å². The number of hydrogen-bond acceptors (Lipinski definition) is 2. The van der Waals surface area contributed by atoms with Crippen molar-refractivity contribution in [2.24, 2.45) is 5.92 Å². The molecular formula is C22H26FNO2. The van der Waals surface area contributed by atoms with Crippen LogP contribution in [0.25, 0.3) is 11.1 Å². The minimum Gasteiger partial charge on any atom is -0.390 e. The van der Waals surface area contributed by atoms with Crippen LogP contribution in [0.15, 0.2) is 42.5 Å². The van der Waals surface area contributed by atoms with E-state index in [1.807, 2.05) is 49.9 Å². The molecule has 138 valence electrons. The first-order chi connectivity index (χ1) is 12.3. The van der Waals surface area contributed by atoms with E-state index in [0.717, 1.165) is 36.1 Å². The number of hydrogen-bond donors (Lipinski definition) is 1. The van der Waals surface area contributed by atoms with E-state index in [1.54, 1.807) is 6.07 Å². The van der Waals surface area contributed by atoms with Crippen LogP contribution in [-0.2, 0) is 0 Å². The van der Waals surface area contributed by atoms with Gasteiger partial charge in [-0.15, -0.1) is 0 Å². The average Bonchev–Trinajstić information content (AvgIpc) is 2.61. The summed E-state index contributed by atoms with van der Waals surface area (Å²) in [7, 11) is 0. The molecule has 0 unspecified atom stereocenters. The summed E-state index contributed by atoms with van der Waals surface area (Å²) in [6, 6.07) is 12.2. The molecule has 3 nitrogen and oxygen atoms in total. The Hall–Kier alpha value is -2.20. The molecule has 0 aliphatic carbocycles. The van der Waals surface area contributed by atoms with Gasteiger partial charge in [-0.1, -0.05) is 18.2 Å². The lowest BCUT2D eigenvalue weighted by atomic mass is 9.84. The Morgan fingerprint density at radius 3 is 2.50 bits per heavy atom. The van der Waals surface area contributed by atoms with Crippen LogP contribution in [0, 0.1) is 18.7 Å². The van der Waals surface area contributed by atoms with Crippen molar-refractivity contribution in [3.63, 3.8) is 0 Å². The third kappa shape index (κ3) is 3.96. The number of piperidine rings is 1. The summed E-state index contributed by atoms with van der Waals surface area (Å²) >= 11 is 0. The van der Waals surface area contributed by atoms with Gasteiger partial charge in [0.2, 0.25) is 0 Å². The van der Waals surface area contributed by atoms with E-state index in [4.69, 9.17) is 0 Å². The normalized spacial score (nSPS) is 18.0. The number of aliphatic hydroxyl groups is 1. The van der Waals surface area contributed by atoms with Gasteiger partial charge in [0.1, 0.15) is 5.82 Å². The van der Waals surface area contributed by atoms with Gasteiger partial charge in [0.25, 0.3) is 5.91 Å². The van der Waals surface area contributed by atoms with E-state index in [0.29, 0.717) is 12.1 Å². The van der Waals surface area contributed by atoms with E-state index in [1.165, 1.54) is 12.1 Å². The minimum absolute atomic E-state index is 0.00123. The molecule has 0 aromatic heterocycles. The Labute approximate surface area is 154 Å². The Morgan fingerprint density at radius 2 is 1.88 bits per heavy atom. The van der Waals surface area contributed by atoms with Crippen molar-refractivity contribution in [1.29, 1.82) is 0 Å². The summed E-state index contributed by atoms with van der Waals surface area (Å²) in [5.74, 6) is -0.146. The highest BCUT2D eigenvalue weighted by molar-refractivity contribution is 5.94. The molecule has 4 heteroatoms. The van der Waals surface area contributed by atoms with E-state index in [2.05, 4.69) is 0 Å². The SMILES string of the molecule is Cc1cc(F)ccc1-c1ccc(C(=O)N2CCC[C@@H](C(C)(C)O)C2)cc1. The first-order valence-corrected chi connectivity index (χ1v) is 9.14. The topological polar surface area (TPSA) is 40.5 Å². The van der Waals surface area contributed by atoms with Crippen molar-refractivity contribution in [2.75, 3.05) is 13.1 Å². The number of carbonyl (C=O) groups is 1. The fourth-order valence-electron chi connectivity index (χ4n) is 3.66. The van der Waals surface area contributed by atoms with Gasteiger partial charge in [0, 0.05) is 24.6 Å². The number of halogens is 1. The first kappa shape index (κ1) is 18.6. The maximum atomic E-state index is 13.3. The van der Waals surface area contributed by atoms with Crippen LogP contribution in [0.2, 0.25) is 0 Å². The fourth-order valence-corrected chi connectivity index (χ4v) is 3.66. The molecule has 1 atom stereocenters. The van der Waals surface area contributed by atoms with Crippen LogP contribution in [0.5, 0.6) is 0 Å². The van der Waals surface area contributed by atoms with Crippen molar-refractivity contribution in [2.45, 2.75) is 39.2 Å². The van der Waals surface area contributed by atoms with Gasteiger partial charge in [-0.2, -0.15) is 0 Å². The van der Waals surface area contributed by atoms with Gasteiger partial charge < -0.3 is 10.0 Å². The highest BCUT2D eigenvalue weighted by Crippen LogP contribution is 2.28. The lowest BCUT2D eigenvalue weighted by Gasteiger charge is -2.38. The molecule has 1 heterocycles. The molecule has 0 bridgehead atoms. The molecule has 1 amide bonds. The van der Waals surface area contributed by atoms with Crippen molar-refractivity contribution < 1.29 is 14.3 Å². The summed E-state index contributed by atoms with van der Waals surface area (Å²) in [5.41, 5.74) is 2.67. The van der Waals surface area contributed by atoms with E-state index in [-0.39, 0.29) is 17.6 Å². The molecule has 1 fully saturated rings. The second kappa shape index (κ2) is 7.20. The maximum absolute atomic E-state index is 13.3. The van der Waals surface area contributed by atoms with Gasteiger partial charge in [0.05, 0.1) is 5.60 Å². The lowest BCUT2D eigenvalue weighted by Crippen LogP contribution is -2.46. The minimum atomic E-state index is -0.775. The summed E-state index contributed by atoms with van der Waals surface area (Å²) in [5, 5.41) is 10.3. The van der Waals surface area contributed by atoms with Crippen LogP contribution in [0.4, 0.5) is 4.39 Å². The number of rotatable bonds is 3. The third-order valence-electron chi connectivity index (χ3n) is 5.34. The van der Waals surface area contributed by atoms with Crippen LogP contribution < -0.4 is 0 Å². The van der Waals surface area contributed by atoms with Crippen LogP contribution >= 0.6 is 0 Å². The Morgan fingerprint density at radius 1 is 1.19 bits per heavy atom. The molecule has 0 radical (unpaired) electrons. The van der Waals surface area contributed by atoms with Crippen LogP contribution in [0.3, 0.4) is 0 Å². The van der Waals surface area contributed by atoms with Crippen molar-refractivity contribution >= 4 is 5.91 Å². The number of nitrogens with zero attached hydrogens (tertiary/aromatic N) is 1. The standard InChI is InChI=1S/C22H26FNO2/c1-15-13-19(23)10-11-20(15)16-6-8-17(9-7-16)21(25)24-12-4-5-18(14-24)22(2,3)26/h6-11,13,18,26H,4-5,12,14H2,1-3H3/t18-/m1/s1. The quantitative estimate of drug-likeness (QED) is 0.885. The first-order valence-electron chi connectivity index (χ1n) is 9.14. The molecule has 3 rings (SSSR count). The summed E-state index contributed by atoms with van der Waals surface area (Å²) in [6.07, 6.45) is 1.85. The zero-order valence-corrected chi connectivity index (χ0v) is 15.6. The number of likely N-dealkylation sites (tertiary alicyclic amines) is 1. The zero-order valence-electron chi connectivity index (χ0n) is 15.6. The van der Waals surface area contributed by atoms with Crippen LogP contribution in [0.1, 0.15) is 42.6 Å². The molecule has 1 aliphatic rings. The summed E-state index contributed by atoms with van der Waals surface area (Å²) in [6.45, 7) is 6.81. The fraction of sp³-hybridized carbons (Fsp3) is 0.409. The number of benzene rings is 2. The summed E-state index contributed by atoms with van der Waals surface area (Å²) < 4.78 is 13.3. The predicted octanol–water partition coefficient (Wildman–Crippen LogP) is 4.42.